The van der Waals surface area contributed by atoms with E-state index in [1.807, 2.05) is 38.1 Å². The fraction of sp³-hybridized carbons (Fsp3) is 0.211. The van der Waals surface area contributed by atoms with Crippen molar-refractivity contribution in [3.63, 3.8) is 0 Å². The third-order valence-electron chi connectivity index (χ3n) is 3.98. The Labute approximate surface area is 154 Å². The molecule has 1 N–H and O–H groups in total. The SMILES string of the molecule is Cc1nc(S[C@H](C)C(=O)Nc2ccc3c(c2)OCO3)c2ccccc2n1. The maximum Gasteiger partial charge on any atom is 0.237 e. The molecule has 1 aliphatic heterocycles. The number of benzene rings is 2. The van der Waals surface area contributed by atoms with Crippen LogP contribution in [0.4, 0.5) is 5.69 Å². The molecule has 0 saturated carbocycles. The first-order valence-corrected chi connectivity index (χ1v) is 9.09. The van der Waals surface area contributed by atoms with Gasteiger partial charge in [-0.15, -0.1) is 0 Å². The number of hydrogen-bond donors (Lipinski definition) is 1. The van der Waals surface area contributed by atoms with Crippen molar-refractivity contribution < 1.29 is 14.3 Å². The number of carbonyl (C=O) groups excluding carboxylic acids is 1. The number of carbonyl (C=O) groups is 1. The summed E-state index contributed by atoms with van der Waals surface area (Å²) < 4.78 is 10.6. The fourth-order valence-electron chi connectivity index (χ4n) is 2.69. The quantitative estimate of drug-likeness (QED) is 0.559. The van der Waals surface area contributed by atoms with Crippen LogP contribution in [0.25, 0.3) is 10.9 Å². The van der Waals surface area contributed by atoms with Crippen LogP contribution in [-0.2, 0) is 4.79 Å². The number of nitrogens with zero attached hydrogens (tertiary/aromatic N) is 2. The van der Waals surface area contributed by atoms with Gasteiger partial charge in [0.1, 0.15) is 10.9 Å². The van der Waals surface area contributed by atoms with E-state index in [2.05, 4.69) is 15.3 Å². The van der Waals surface area contributed by atoms with Gasteiger partial charge >= 0.3 is 0 Å². The zero-order chi connectivity index (χ0) is 18.1. The van der Waals surface area contributed by atoms with E-state index < -0.39 is 0 Å². The molecule has 0 aliphatic carbocycles. The van der Waals surface area contributed by atoms with Crippen molar-refractivity contribution in [2.75, 3.05) is 12.1 Å². The number of fused-ring (bicyclic) bond motifs is 2. The van der Waals surface area contributed by atoms with Crippen molar-refractivity contribution in [3.8, 4) is 11.5 Å². The van der Waals surface area contributed by atoms with Crippen molar-refractivity contribution in [2.24, 2.45) is 0 Å². The van der Waals surface area contributed by atoms with E-state index in [1.54, 1.807) is 18.2 Å². The van der Waals surface area contributed by atoms with Crippen LogP contribution < -0.4 is 14.8 Å². The smallest absolute Gasteiger partial charge is 0.237 e. The van der Waals surface area contributed by atoms with Crippen LogP contribution in [0.15, 0.2) is 47.5 Å². The third-order valence-corrected chi connectivity index (χ3v) is 5.08. The summed E-state index contributed by atoms with van der Waals surface area (Å²) in [7, 11) is 0. The molecule has 26 heavy (non-hydrogen) atoms. The molecule has 6 nitrogen and oxygen atoms in total. The molecule has 4 rings (SSSR count). The standard InChI is InChI=1S/C19H17N3O3S/c1-11(18(23)22-13-7-8-16-17(9-13)25-10-24-16)26-19-14-5-3-4-6-15(14)20-12(2)21-19/h3-9,11H,10H2,1-2H3,(H,22,23)/t11-/m1/s1. The normalized spacial score (nSPS) is 13.6. The van der Waals surface area contributed by atoms with Gasteiger partial charge in [-0.25, -0.2) is 9.97 Å². The summed E-state index contributed by atoms with van der Waals surface area (Å²) in [4.78, 5) is 21.5. The molecule has 0 unspecified atom stereocenters. The van der Waals surface area contributed by atoms with Crippen LogP contribution in [0.2, 0.25) is 0 Å². The van der Waals surface area contributed by atoms with Crippen molar-refractivity contribution in [3.05, 3.63) is 48.3 Å². The average Bonchev–Trinajstić information content (AvgIpc) is 3.09. The zero-order valence-corrected chi connectivity index (χ0v) is 15.2. The number of para-hydroxylation sites is 1. The number of nitrogens with one attached hydrogen (secondary N) is 1. The molecule has 1 atom stereocenters. The van der Waals surface area contributed by atoms with Gasteiger partial charge in [-0.05, 0) is 32.0 Å². The molecule has 2 aromatic carbocycles. The van der Waals surface area contributed by atoms with Crippen LogP contribution >= 0.6 is 11.8 Å². The van der Waals surface area contributed by atoms with Crippen LogP contribution in [0.5, 0.6) is 11.5 Å². The predicted octanol–water partition coefficient (Wildman–Crippen LogP) is 3.79. The van der Waals surface area contributed by atoms with Gasteiger partial charge in [0, 0.05) is 17.1 Å². The Morgan fingerprint density at radius 2 is 1.96 bits per heavy atom. The van der Waals surface area contributed by atoms with Gasteiger partial charge in [-0.3, -0.25) is 4.79 Å². The van der Waals surface area contributed by atoms with Gasteiger partial charge in [0.2, 0.25) is 12.7 Å². The third kappa shape index (κ3) is 3.30. The predicted molar refractivity (Wildman–Crippen MR) is 101 cm³/mol. The second kappa shape index (κ2) is 6.84. The van der Waals surface area contributed by atoms with E-state index in [0.29, 0.717) is 23.0 Å². The number of ether oxygens (including phenoxy) is 2. The Hall–Kier alpha value is -2.80. The minimum Gasteiger partial charge on any atom is -0.454 e. The van der Waals surface area contributed by atoms with Gasteiger partial charge < -0.3 is 14.8 Å². The van der Waals surface area contributed by atoms with Crippen molar-refractivity contribution in [2.45, 2.75) is 24.1 Å². The molecule has 0 fully saturated rings. The summed E-state index contributed by atoms with van der Waals surface area (Å²) in [6, 6.07) is 13.2. The first kappa shape index (κ1) is 16.7. The van der Waals surface area contributed by atoms with Gasteiger partial charge in [0.05, 0.1) is 10.8 Å². The van der Waals surface area contributed by atoms with E-state index in [4.69, 9.17) is 9.47 Å². The lowest BCUT2D eigenvalue weighted by molar-refractivity contribution is -0.115. The molecule has 1 aliphatic rings. The number of thioether (sulfide) groups is 1. The number of aromatic nitrogens is 2. The highest BCUT2D eigenvalue weighted by molar-refractivity contribution is 8.00. The summed E-state index contributed by atoms with van der Waals surface area (Å²) in [6.45, 7) is 3.92. The van der Waals surface area contributed by atoms with E-state index in [9.17, 15) is 4.79 Å². The Kier molecular flexibility index (Phi) is 4.38. The molecule has 2 heterocycles. The molecule has 3 aromatic rings. The average molecular weight is 367 g/mol. The first-order chi connectivity index (χ1) is 12.6. The van der Waals surface area contributed by atoms with E-state index >= 15 is 0 Å². The highest BCUT2D eigenvalue weighted by atomic mass is 32.2. The largest absolute Gasteiger partial charge is 0.454 e. The highest BCUT2D eigenvalue weighted by Gasteiger charge is 2.19. The molecule has 0 saturated heterocycles. The monoisotopic (exact) mass is 367 g/mol. The number of aryl methyl sites for hydroxylation is 1. The molecule has 0 spiro atoms. The van der Waals surface area contributed by atoms with E-state index in [0.717, 1.165) is 15.9 Å². The lowest BCUT2D eigenvalue weighted by atomic mass is 10.2. The summed E-state index contributed by atoms with van der Waals surface area (Å²) >= 11 is 1.42. The van der Waals surface area contributed by atoms with Crippen molar-refractivity contribution in [1.82, 2.24) is 9.97 Å². The van der Waals surface area contributed by atoms with Gasteiger partial charge in [0.15, 0.2) is 11.5 Å². The van der Waals surface area contributed by atoms with Gasteiger partial charge in [0.25, 0.3) is 0 Å². The van der Waals surface area contributed by atoms with E-state index in [-0.39, 0.29) is 18.0 Å². The topological polar surface area (TPSA) is 73.3 Å². The molecule has 132 valence electrons. The fourth-order valence-corrected chi connectivity index (χ4v) is 3.67. The summed E-state index contributed by atoms with van der Waals surface area (Å²) in [5.74, 6) is 1.91. The molecule has 1 amide bonds. The lowest BCUT2D eigenvalue weighted by Crippen LogP contribution is -2.22. The Morgan fingerprint density at radius 3 is 2.85 bits per heavy atom. The molecule has 0 bridgehead atoms. The van der Waals surface area contributed by atoms with Crippen LogP contribution in [0.1, 0.15) is 12.7 Å². The highest BCUT2D eigenvalue weighted by Crippen LogP contribution is 2.35. The van der Waals surface area contributed by atoms with Crippen LogP contribution in [0.3, 0.4) is 0 Å². The first-order valence-electron chi connectivity index (χ1n) is 8.21. The summed E-state index contributed by atoms with van der Waals surface area (Å²) in [5, 5.41) is 4.35. The Balaban J connectivity index is 1.51. The van der Waals surface area contributed by atoms with Gasteiger partial charge in [-0.1, -0.05) is 30.0 Å². The second-order valence-corrected chi connectivity index (χ2v) is 7.24. The maximum atomic E-state index is 12.6. The minimum atomic E-state index is -0.321. The van der Waals surface area contributed by atoms with Crippen LogP contribution in [0, 0.1) is 6.92 Å². The maximum absolute atomic E-state index is 12.6. The molecule has 7 heteroatoms. The number of anilines is 1. The number of amides is 1. The van der Waals surface area contributed by atoms with Crippen LogP contribution in [-0.4, -0.2) is 27.9 Å². The van der Waals surface area contributed by atoms with Crippen molar-refractivity contribution in [1.29, 1.82) is 0 Å². The summed E-state index contributed by atoms with van der Waals surface area (Å²) in [6.07, 6.45) is 0. The molecule has 0 radical (unpaired) electrons. The molecular weight excluding hydrogens is 350 g/mol. The summed E-state index contributed by atoms with van der Waals surface area (Å²) in [5.41, 5.74) is 1.56. The molecular formula is C19H17N3O3S. The Morgan fingerprint density at radius 1 is 1.15 bits per heavy atom. The zero-order valence-electron chi connectivity index (χ0n) is 14.4. The van der Waals surface area contributed by atoms with E-state index in [1.165, 1.54) is 11.8 Å². The minimum absolute atomic E-state index is 0.103. The molecule has 1 aromatic heterocycles. The number of rotatable bonds is 4. The van der Waals surface area contributed by atoms with Gasteiger partial charge in [-0.2, -0.15) is 0 Å². The van der Waals surface area contributed by atoms with Crippen molar-refractivity contribution >= 4 is 34.3 Å². The number of hydrogen-bond acceptors (Lipinski definition) is 6. The second-order valence-electron chi connectivity index (χ2n) is 5.91. The lowest BCUT2D eigenvalue weighted by Gasteiger charge is -2.13. The Bertz CT molecular complexity index is 993.